The molecule has 2 N–H and O–H groups in total. The quantitative estimate of drug-likeness (QED) is 0.809. The summed E-state index contributed by atoms with van der Waals surface area (Å²) in [6, 6.07) is 12.8. The van der Waals surface area contributed by atoms with Crippen LogP contribution < -0.4 is 0 Å². The fourth-order valence-corrected chi connectivity index (χ4v) is 1.84. The molecule has 4 nitrogen and oxygen atoms in total. The molecule has 0 aliphatic rings. The average Bonchev–Trinajstić information content (AvgIpc) is 2.48. The number of phenolic OH excluding ortho intramolecular Hbond substituents is 1. The van der Waals surface area contributed by atoms with Gasteiger partial charge in [-0.05, 0) is 48.2 Å². The Morgan fingerprint density at radius 2 is 1.65 bits per heavy atom. The van der Waals surface area contributed by atoms with Gasteiger partial charge in [-0.25, -0.2) is 0 Å². The van der Waals surface area contributed by atoms with E-state index in [1.165, 1.54) is 0 Å². The van der Waals surface area contributed by atoms with Gasteiger partial charge in [0.15, 0.2) is 0 Å². The topological polar surface area (TPSA) is 65.2 Å². The molecule has 104 valence electrons. The zero-order valence-corrected chi connectivity index (χ0v) is 11.5. The van der Waals surface area contributed by atoms with Crippen LogP contribution in [0.3, 0.4) is 0 Å². The maximum Gasteiger partial charge on any atom is 0.143 e. The molecule has 20 heavy (non-hydrogen) atoms. The summed E-state index contributed by atoms with van der Waals surface area (Å²) in [5, 5.41) is 26.8. The third-order valence-electron chi connectivity index (χ3n) is 3.06. The Labute approximate surface area is 118 Å². The molecule has 0 atom stereocenters. The Morgan fingerprint density at radius 1 is 0.950 bits per heavy atom. The van der Waals surface area contributed by atoms with Crippen molar-refractivity contribution < 1.29 is 10.2 Å². The van der Waals surface area contributed by atoms with Crippen LogP contribution in [0.25, 0.3) is 0 Å². The molecule has 2 aromatic rings. The summed E-state index contributed by atoms with van der Waals surface area (Å²) in [7, 11) is 0. The van der Waals surface area contributed by atoms with E-state index in [0.717, 1.165) is 17.5 Å². The van der Waals surface area contributed by atoms with Crippen molar-refractivity contribution in [1.29, 1.82) is 0 Å². The maximum atomic E-state index is 9.74. The Bertz CT molecular complexity index is 592. The summed E-state index contributed by atoms with van der Waals surface area (Å²) in [6.07, 6.45) is 1.52. The lowest BCUT2D eigenvalue weighted by Gasteiger charge is -2.01. The number of hydrogen-bond acceptors (Lipinski definition) is 4. The van der Waals surface area contributed by atoms with Gasteiger partial charge in [-0.15, -0.1) is 5.11 Å². The number of aliphatic hydroxyl groups is 1. The number of aryl methyl sites for hydroxylation is 1. The molecule has 0 radical (unpaired) electrons. The normalized spacial score (nSPS) is 11.1. The number of hydrogen-bond donors (Lipinski definition) is 2. The molecule has 0 saturated carbocycles. The van der Waals surface area contributed by atoms with Crippen LogP contribution in [0.4, 0.5) is 11.4 Å². The number of azo groups is 1. The van der Waals surface area contributed by atoms with Crippen molar-refractivity contribution in [1.82, 2.24) is 0 Å². The number of aliphatic hydroxyl groups excluding tert-OH is 1. The van der Waals surface area contributed by atoms with Crippen molar-refractivity contribution in [2.75, 3.05) is 6.61 Å². The predicted molar refractivity (Wildman–Crippen MR) is 78.9 cm³/mol. The Hall–Kier alpha value is -2.20. The van der Waals surface area contributed by atoms with Crippen molar-refractivity contribution in [3.8, 4) is 5.75 Å². The van der Waals surface area contributed by atoms with E-state index in [1.54, 1.807) is 6.07 Å². The minimum atomic E-state index is 0.128. The third kappa shape index (κ3) is 3.65. The summed E-state index contributed by atoms with van der Waals surface area (Å²) in [5.41, 5.74) is 3.36. The van der Waals surface area contributed by atoms with Crippen LogP contribution in [0.1, 0.15) is 18.1 Å². The molecule has 0 amide bonds. The highest BCUT2D eigenvalue weighted by molar-refractivity contribution is 5.53. The minimum Gasteiger partial charge on any atom is -0.506 e. The van der Waals surface area contributed by atoms with Gasteiger partial charge in [0.1, 0.15) is 11.4 Å². The molecule has 4 heteroatoms. The zero-order chi connectivity index (χ0) is 14.4. The number of rotatable bonds is 5. The van der Waals surface area contributed by atoms with Gasteiger partial charge in [-0.2, -0.15) is 5.11 Å². The van der Waals surface area contributed by atoms with Gasteiger partial charge in [0, 0.05) is 6.61 Å². The molecule has 0 spiro atoms. The Balaban J connectivity index is 2.16. The minimum absolute atomic E-state index is 0.128. The lowest BCUT2D eigenvalue weighted by atomic mass is 10.1. The molecule has 0 bridgehead atoms. The highest BCUT2D eigenvalue weighted by atomic mass is 16.3. The molecule has 2 rings (SSSR count). The van der Waals surface area contributed by atoms with E-state index in [2.05, 4.69) is 10.2 Å². The summed E-state index contributed by atoms with van der Waals surface area (Å²) in [5.74, 6) is 0.128. The van der Waals surface area contributed by atoms with Gasteiger partial charge in [-0.1, -0.05) is 25.1 Å². The Kier molecular flexibility index (Phi) is 4.85. The molecular weight excluding hydrogens is 252 g/mol. The van der Waals surface area contributed by atoms with Crippen LogP contribution >= 0.6 is 0 Å². The molecule has 0 fully saturated rings. The van der Waals surface area contributed by atoms with E-state index in [9.17, 15) is 5.11 Å². The van der Waals surface area contributed by atoms with Gasteiger partial charge < -0.3 is 10.2 Å². The van der Waals surface area contributed by atoms with E-state index in [1.807, 2.05) is 43.3 Å². The van der Waals surface area contributed by atoms with Crippen LogP contribution in [0.5, 0.6) is 5.75 Å². The first-order valence-corrected chi connectivity index (χ1v) is 6.66. The first-order valence-electron chi connectivity index (χ1n) is 6.66. The van der Waals surface area contributed by atoms with Crippen LogP contribution in [0.15, 0.2) is 52.7 Å². The highest BCUT2D eigenvalue weighted by Gasteiger charge is 2.01. The molecule has 0 aromatic heterocycles. The molecule has 2 aromatic carbocycles. The van der Waals surface area contributed by atoms with Gasteiger partial charge in [-0.3, -0.25) is 0 Å². The monoisotopic (exact) mass is 270 g/mol. The number of aromatic hydroxyl groups is 1. The van der Waals surface area contributed by atoms with Gasteiger partial charge in [0.25, 0.3) is 0 Å². The third-order valence-corrected chi connectivity index (χ3v) is 3.06. The molecule has 0 unspecified atom stereocenters. The van der Waals surface area contributed by atoms with Crippen molar-refractivity contribution in [3.05, 3.63) is 53.6 Å². The second kappa shape index (κ2) is 6.82. The van der Waals surface area contributed by atoms with E-state index in [0.29, 0.717) is 17.8 Å². The van der Waals surface area contributed by atoms with Crippen LogP contribution in [-0.4, -0.2) is 16.8 Å². The lowest BCUT2D eigenvalue weighted by Crippen LogP contribution is -1.88. The SMILES string of the molecule is CCc1ccc(O)c(N=Nc2ccc(CCO)cc2)c1. The first-order chi connectivity index (χ1) is 9.72. The molecule has 0 aliphatic heterocycles. The smallest absolute Gasteiger partial charge is 0.143 e. The Morgan fingerprint density at radius 3 is 2.30 bits per heavy atom. The van der Waals surface area contributed by atoms with E-state index in [-0.39, 0.29) is 12.4 Å². The van der Waals surface area contributed by atoms with Gasteiger partial charge in [0.05, 0.1) is 5.69 Å². The van der Waals surface area contributed by atoms with Crippen LogP contribution in [0.2, 0.25) is 0 Å². The fourth-order valence-electron chi connectivity index (χ4n) is 1.84. The first kappa shape index (κ1) is 14.2. The summed E-state index contributed by atoms with van der Waals surface area (Å²) in [6.45, 7) is 2.19. The van der Waals surface area contributed by atoms with Crippen molar-refractivity contribution in [2.24, 2.45) is 10.2 Å². The average molecular weight is 270 g/mol. The number of phenols is 1. The lowest BCUT2D eigenvalue weighted by molar-refractivity contribution is 0.299. The van der Waals surface area contributed by atoms with Crippen LogP contribution in [-0.2, 0) is 12.8 Å². The second-order valence-corrected chi connectivity index (χ2v) is 4.52. The number of benzene rings is 2. The van der Waals surface area contributed by atoms with Gasteiger partial charge in [0.2, 0.25) is 0 Å². The molecule has 0 aliphatic carbocycles. The summed E-state index contributed by atoms with van der Waals surface area (Å²) >= 11 is 0. The summed E-state index contributed by atoms with van der Waals surface area (Å²) in [4.78, 5) is 0. The van der Waals surface area contributed by atoms with Crippen LogP contribution in [0, 0.1) is 0 Å². The van der Waals surface area contributed by atoms with Gasteiger partial charge >= 0.3 is 0 Å². The van der Waals surface area contributed by atoms with E-state index >= 15 is 0 Å². The summed E-state index contributed by atoms with van der Waals surface area (Å²) < 4.78 is 0. The van der Waals surface area contributed by atoms with E-state index in [4.69, 9.17) is 5.11 Å². The molecular formula is C16H18N2O2. The molecule has 0 heterocycles. The number of nitrogens with zero attached hydrogens (tertiary/aromatic N) is 2. The van der Waals surface area contributed by atoms with Crippen molar-refractivity contribution in [3.63, 3.8) is 0 Å². The van der Waals surface area contributed by atoms with Crippen molar-refractivity contribution >= 4 is 11.4 Å². The second-order valence-electron chi connectivity index (χ2n) is 4.52. The zero-order valence-electron chi connectivity index (χ0n) is 11.5. The van der Waals surface area contributed by atoms with Crippen molar-refractivity contribution in [2.45, 2.75) is 19.8 Å². The standard InChI is InChI=1S/C16H18N2O2/c1-2-12-5-8-16(20)15(11-12)18-17-14-6-3-13(4-7-14)9-10-19/h3-8,11,19-20H,2,9-10H2,1H3. The maximum absolute atomic E-state index is 9.74. The highest BCUT2D eigenvalue weighted by Crippen LogP contribution is 2.29. The predicted octanol–water partition coefficient (Wildman–Crippen LogP) is 3.90. The van der Waals surface area contributed by atoms with E-state index < -0.39 is 0 Å². The molecule has 0 saturated heterocycles. The fraction of sp³-hybridized carbons (Fsp3) is 0.250. The largest absolute Gasteiger partial charge is 0.506 e.